The third-order valence-electron chi connectivity index (χ3n) is 5.42. The molecule has 9 heteroatoms. The molecule has 0 aromatic heterocycles. The summed E-state index contributed by atoms with van der Waals surface area (Å²) in [6, 6.07) is 5.08. The van der Waals surface area contributed by atoms with Crippen molar-refractivity contribution in [2.24, 2.45) is 5.41 Å². The second-order valence-electron chi connectivity index (χ2n) is 9.07. The first-order chi connectivity index (χ1) is 13.8. The van der Waals surface area contributed by atoms with Crippen LogP contribution in [0.4, 0.5) is 18.0 Å². The molecule has 0 atom stereocenters. The summed E-state index contributed by atoms with van der Waals surface area (Å²) in [5.74, 6) is -0.402. The number of likely N-dealkylation sites (tertiary alicyclic amines) is 1. The molecule has 0 saturated carbocycles. The normalized spacial score (nSPS) is 17.0. The van der Waals surface area contributed by atoms with Gasteiger partial charge in [-0.15, -0.1) is 11.6 Å². The molecule has 1 aliphatic rings. The summed E-state index contributed by atoms with van der Waals surface area (Å²) >= 11 is 5.64. The van der Waals surface area contributed by atoms with Crippen molar-refractivity contribution < 1.29 is 27.9 Å². The molecule has 2 rings (SSSR count). The number of hydrogen-bond acceptors (Lipinski definition) is 2. The Labute approximate surface area is 179 Å². The van der Waals surface area contributed by atoms with Gasteiger partial charge in [-0.05, 0) is 29.9 Å². The first kappa shape index (κ1) is 24.3. The lowest BCUT2D eigenvalue weighted by Crippen LogP contribution is -2.52. The molecule has 0 aliphatic carbocycles. The van der Waals surface area contributed by atoms with Crippen molar-refractivity contribution >= 4 is 23.6 Å². The van der Waals surface area contributed by atoms with E-state index in [2.05, 4.69) is 0 Å². The summed E-state index contributed by atoms with van der Waals surface area (Å²) in [7, 11) is 0. The summed E-state index contributed by atoms with van der Waals surface area (Å²) < 4.78 is 39.9. The highest BCUT2D eigenvalue weighted by molar-refractivity contribution is 6.27. The van der Waals surface area contributed by atoms with E-state index in [4.69, 9.17) is 11.6 Å². The fourth-order valence-corrected chi connectivity index (χ4v) is 4.13. The Morgan fingerprint density at radius 1 is 1.20 bits per heavy atom. The molecule has 30 heavy (non-hydrogen) atoms. The van der Waals surface area contributed by atoms with E-state index in [0.717, 1.165) is 12.1 Å². The van der Waals surface area contributed by atoms with Gasteiger partial charge in [-0.25, -0.2) is 4.79 Å². The quantitative estimate of drug-likeness (QED) is 0.656. The fraction of sp³-hybridized carbons (Fsp3) is 0.619. The molecule has 1 saturated heterocycles. The molecule has 1 fully saturated rings. The number of amides is 2. The number of carboxylic acid groups (broad SMARTS) is 1. The highest BCUT2D eigenvalue weighted by atomic mass is 35.5. The van der Waals surface area contributed by atoms with Crippen LogP contribution in [0.15, 0.2) is 24.3 Å². The fourth-order valence-electron chi connectivity index (χ4n) is 3.96. The third-order valence-corrected chi connectivity index (χ3v) is 5.65. The Hall–Kier alpha value is -1.96. The minimum atomic E-state index is -4.50. The second-order valence-corrected chi connectivity index (χ2v) is 9.34. The number of carbonyl (C=O) groups is 2. The molecule has 0 unspecified atom stereocenters. The highest BCUT2D eigenvalue weighted by Crippen LogP contribution is 2.40. The van der Waals surface area contributed by atoms with E-state index in [9.17, 15) is 27.9 Å². The first-order valence-corrected chi connectivity index (χ1v) is 10.3. The predicted molar refractivity (Wildman–Crippen MR) is 109 cm³/mol. The maximum absolute atomic E-state index is 13.3. The summed E-state index contributed by atoms with van der Waals surface area (Å²) in [5.41, 5.74) is -1.47. The number of halogens is 4. The van der Waals surface area contributed by atoms with Gasteiger partial charge in [-0.1, -0.05) is 39.0 Å². The van der Waals surface area contributed by atoms with Crippen LogP contribution in [-0.4, -0.2) is 59.0 Å². The van der Waals surface area contributed by atoms with Crippen LogP contribution in [-0.2, 0) is 16.4 Å². The van der Waals surface area contributed by atoms with Crippen LogP contribution in [0.5, 0.6) is 0 Å². The minimum Gasteiger partial charge on any atom is -0.465 e. The number of carbonyl (C=O) groups excluding carboxylic acids is 1. The topological polar surface area (TPSA) is 60.9 Å². The van der Waals surface area contributed by atoms with E-state index in [-0.39, 0.29) is 30.3 Å². The standard InChI is InChI=1S/C21H28ClF3N2O3/c1-19(2,3)13-27(18(29)30)14-20(7-9-26(10-8-20)17(28)12-22)15-5-4-6-16(11-15)21(23,24)25/h4-6,11H,7-10,12-14H2,1-3H3,(H,29,30). The lowest BCUT2D eigenvalue weighted by Gasteiger charge is -2.45. The number of benzene rings is 1. The van der Waals surface area contributed by atoms with Crippen molar-refractivity contribution in [3.05, 3.63) is 35.4 Å². The Morgan fingerprint density at radius 3 is 2.27 bits per heavy atom. The number of piperidine rings is 1. The van der Waals surface area contributed by atoms with Gasteiger partial charge in [-0.2, -0.15) is 13.2 Å². The molecule has 1 N–H and O–H groups in total. The maximum atomic E-state index is 13.3. The average molecular weight is 449 g/mol. The summed E-state index contributed by atoms with van der Waals surface area (Å²) in [4.78, 5) is 26.7. The van der Waals surface area contributed by atoms with Gasteiger partial charge in [0.15, 0.2) is 0 Å². The Kier molecular flexibility index (Phi) is 7.32. The van der Waals surface area contributed by atoms with Crippen molar-refractivity contribution in [1.82, 2.24) is 9.80 Å². The van der Waals surface area contributed by atoms with Crippen LogP contribution >= 0.6 is 11.6 Å². The first-order valence-electron chi connectivity index (χ1n) is 9.77. The molecule has 0 bridgehead atoms. The second kappa shape index (κ2) is 9.04. The van der Waals surface area contributed by atoms with Crippen LogP contribution in [0.3, 0.4) is 0 Å². The van der Waals surface area contributed by atoms with Gasteiger partial charge in [0.2, 0.25) is 5.91 Å². The lowest BCUT2D eigenvalue weighted by molar-refractivity contribution is -0.137. The molecule has 1 aliphatic heterocycles. The van der Waals surface area contributed by atoms with E-state index in [0.29, 0.717) is 31.5 Å². The Morgan fingerprint density at radius 2 is 1.80 bits per heavy atom. The van der Waals surface area contributed by atoms with Crippen LogP contribution in [0.2, 0.25) is 0 Å². The zero-order valence-corrected chi connectivity index (χ0v) is 18.2. The summed E-state index contributed by atoms with van der Waals surface area (Å²) in [6.45, 7) is 6.64. The van der Waals surface area contributed by atoms with Crippen molar-refractivity contribution in [1.29, 1.82) is 0 Å². The smallest absolute Gasteiger partial charge is 0.416 e. The van der Waals surface area contributed by atoms with E-state index < -0.39 is 23.2 Å². The maximum Gasteiger partial charge on any atom is 0.416 e. The number of alkyl halides is 4. The average Bonchev–Trinajstić information content (AvgIpc) is 2.65. The van der Waals surface area contributed by atoms with Gasteiger partial charge < -0.3 is 14.9 Å². The zero-order chi connectivity index (χ0) is 22.7. The van der Waals surface area contributed by atoms with Gasteiger partial charge in [0, 0.05) is 31.6 Å². The van der Waals surface area contributed by atoms with Crippen molar-refractivity contribution in [2.75, 3.05) is 32.1 Å². The van der Waals surface area contributed by atoms with Gasteiger partial charge in [0.05, 0.1) is 5.56 Å². The molecule has 1 heterocycles. The number of nitrogens with zero attached hydrogens (tertiary/aromatic N) is 2. The number of rotatable bonds is 5. The van der Waals surface area contributed by atoms with Crippen LogP contribution < -0.4 is 0 Å². The molecule has 0 radical (unpaired) electrons. The molecule has 1 aromatic carbocycles. The van der Waals surface area contributed by atoms with E-state index in [1.807, 2.05) is 20.8 Å². The monoisotopic (exact) mass is 448 g/mol. The molecule has 1 aromatic rings. The molecule has 168 valence electrons. The zero-order valence-electron chi connectivity index (χ0n) is 17.4. The third kappa shape index (κ3) is 6.03. The Bertz CT molecular complexity index is 769. The van der Waals surface area contributed by atoms with Crippen molar-refractivity contribution in [2.45, 2.75) is 45.2 Å². The van der Waals surface area contributed by atoms with Crippen molar-refractivity contribution in [3.63, 3.8) is 0 Å². The van der Waals surface area contributed by atoms with E-state index in [1.165, 1.54) is 11.0 Å². The van der Waals surface area contributed by atoms with Crippen LogP contribution in [0, 0.1) is 5.41 Å². The van der Waals surface area contributed by atoms with Gasteiger partial charge >= 0.3 is 12.3 Å². The molecule has 0 spiro atoms. The Balaban J connectivity index is 2.44. The van der Waals surface area contributed by atoms with Crippen LogP contribution in [0.1, 0.15) is 44.7 Å². The summed E-state index contributed by atoms with van der Waals surface area (Å²) in [5, 5.41) is 9.75. The van der Waals surface area contributed by atoms with Crippen molar-refractivity contribution in [3.8, 4) is 0 Å². The van der Waals surface area contributed by atoms with E-state index >= 15 is 0 Å². The lowest BCUT2D eigenvalue weighted by atomic mass is 9.71. The predicted octanol–water partition coefficient (Wildman–Crippen LogP) is 4.83. The van der Waals surface area contributed by atoms with E-state index in [1.54, 1.807) is 11.0 Å². The molecular formula is C21H28ClF3N2O3. The largest absolute Gasteiger partial charge is 0.465 e. The molecule has 2 amide bonds. The summed E-state index contributed by atoms with van der Waals surface area (Å²) in [6.07, 6.45) is -4.91. The SMILES string of the molecule is CC(C)(C)CN(CC1(c2cccc(C(F)(F)F)c2)CCN(C(=O)CCl)CC1)C(=O)O. The van der Waals surface area contributed by atoms with Gasteiger partial charge in [0.25, 0.3) is 0 Å². The van der Waals surface area contributed by atoms with Crippen LogP contribution in [0.25, 0.3) is 0 Å². The minimum absolute atomic E-state index is 0.0593. The molecule has 5 nitrogen and oxygen atoms in total. The van der Waals surface area contributed by atoms with Gasteiger partial charge in [0.1, 0.15) is 5.88 Å². The molecular weight excluding hydrogens is 421 g/mol. The number of hydrogen-bond donors (Lipinski definition) is 1. The highest BCUT2D eigenvalue weighted by Gasteiger charge is 2.42. The van der Waals surface area contributed by atoms with Gasteiger partial charge in [-0.3, -0.25) is 4.79 Å².